The third-order valence-electron chi connectivity index (χ3n) is 2.53. The van der Waals surface area contributed by atoms with Gasteiger partial charge in [0.1, 0.15) is 5.82 Å². The maximum atomic E-state index is 13.5. The Morgan fingerprint density at radius 2 is 2.06 bits per heavy atom. The molecule has 0 bridgehead atoms. The molecule has 1 unspecified atom stereocenters. The Hall–Kier alpha value is -0.930. The minimum absolute atomic E-state index is 0.0260. The molecule has 0 aromatic heterocycles. The van der Waals surface area contributed by atoms with E-state index in [9.17, 15) is 4.39 Å². The van der Waals surface area contributed by atoms with Gasteiger partial charge in [-0.15, -0.1) is 0 Å². The van der Waals surface area contributed by atoms with Crippen molar-refractivity contribution in [3.8, 4) is 0 Å². The molecule has 90 valence electrons. The molecule has 1 atom stereocenters. The van der Waals surface area contributed by atoms with Gasteiger partial charge in [0.05, 0.1) is 0 Å². The van der Waals surface area contributed by atoms with Crippen LogP contribution >= 0.6 is 0 Å². The van der Waals surface area contributed by atoms with Crippen molar-refractivity contribution in [3.05, 3.63) is 35.6 Å². The molecule has 1 aromatic carbocycles. The summed E-state index contributed by atoms with van der Waals surface area (Å²) in [5.74, 6) is -0.155. The SMILES string of the molecule is CCCOCCC(NC)c1ccccc1F. The van der Waals surface area contributed by atoms with Gasteiger partial charge in [-0.25, -0.2) is 4.39 Å². The van der Waals surface area contributed by atoms with Crippen LogP contribution in [0.2, 0.25) is 0 Å². The average Bonchev–Trinajstić information content (AvgIpc) is 2.31. The minimum atomic E-state index is -0.155. The smallest absolute Gasteiger partial charge is 0.127 e. The molecule has 0 aliphatic carbocycles. The van der Waals surface area contributed by atoms with Crippen LogP contribution in [-0.4, -0.2) is 20.3 Å². The fraction of sp³-hybridized carbons (Fsp3) is 0.538. The molecular weight excluding hydrogens is 205 g/mol. The van der Waals surface area contributed by atoms with E-state index in [2.05, 4.69) is 12.2 Å². The molecule has 1 rings (SSSR count). The zero-order chi connectivity index (χ0) is 11.8. The number of rotatable bonds is 7. The van der Waals surface area contributed by atoms with Crippen molar-refractivity contribution in [2.24, 2.45) is 0 Å². The Morgan fingerprint density at radius 3 is 2.69 bits per heavy atom. The van der Waals surface area contributed by atoms with E-state index in [4.69, 9.17) is 4.74 Å². The maximum absolute atomic E-state index is 13.5. The van der Waals surface area contributed by atoms with Gasteiger partial charge in [0.25, 0.3) is 0 Å². The van der Waals surface area contributed by atoms with Crippen molar-refractivity contribution in [1.29, 1.82) is 0 Å². The van der Waals surface area contributed by atoms with Gasteiger partial charge in [0.2, 0.25) is 0 Å². The van der Waals surface area contributed by atoms with Crippen LogP contribution in [0.5, 0.6) is 0 Å². The lowest BCUT2D eigenvalue weighted by Gasteiger charge is -2.17. The van der Waals surface area contributed by atoms with Crippen LogP contribution in [0, 0.1) is 5.82 Å². The van der Waals surface area contributed by atoms with Gasteiger partial charge in [-0.1, -0.05) is 25.1 Å². The van der Waals surface area contributed by atoms with E-state index in [1.165, 1.54) is 6.07 Å². The highest BCUT2D eigenvalue weighted by molar-refractivity contribution is 5.21. The molecule has 0 saturated carbocycles. The van der Waals surface area contributed by atoms with Crippen LogP contribution < -0.4 is 5.32 Å². The molecule has 0 saturated heterocycles. The Balaban J connectivity index is 2.51. The third kappa shape index (κ3) is 3.91. The van der Waals surface area contributed by atoms with Gasteiger partial charge >= 0.3 is 0 Å². The lowest BCUT2D eigenvalue weighted by atomic mass is 10.0. The summed E-state index contributed by atoms with van der Waals surface area (Å²) in [5, 5.41) is 3.12. The van der Waals surface area contributed by atoms with Gasteiger partial charge in [0, 0.05) is 24.8 Å². The van der Waals surface area contributed by atoms with Gasteiger partial charge in [-0.2, -0.15) is 0 Å². The average molecular weight is 225 g/mol. The highest BCUT2D eigenvalue weighted by Gasteiger charge is 2.12. The summed E-state index contributed by atoms with van der Waals surface area (Å²) in [5.41, 5.74) is 0.713. The van der Waals surface area contributed by atoms with Crippen molar-refractivity contribution in [2.45, 2.75) is 25.8 Å². The Bertz CT molecular complexity index is 304. The van der Waals surface area contributed by atoms with Gasteiger partial charge < -0.3 is 10.1 Å². The van der Waals surface area contributed by atoms with E-state index in [0.29, 0.717) is 12.2 Å². The minimum Gasteiger partial charge on any atom is -0.381 e. The summed E-state index contributed by atoms with van der Waals surface area (Å²) in [6.45, 7) is 3.51. The van der Waals surface area contributed by atoms with Crippen molar-refractivity contribution < 1.29 is 9.13 Å². The second-order valence-electron chi connectivity index (χ2n) is 3.76. The molecule has 0 heterocycles. The molecule has 1 aromatic rings. The number of hydrogen-bond acceptors (Lipinski definition) is 2. The van der Waals surface area contributed by atoms with Crippen LogP contribution in [0.25, 0.3) is 0 Å². The number of nitrogens with one attached hydrogen (secondary N) is 1. The molecular formula is C13H20FNO. The van der Waals surface area contributed by atoms with Crippen LogP contribution in [0.15, 0.2) is 24.3 Å². The number of halogens is 1. The van der Waals surface area contributed by atoms with E-state index >= 15 is 0 Å². The van der Waals surface area contributed by atoms with Crippen molar-refractivity contribution in [2.75, 3.05) is 20.3 Å². The van der Waals surface area contributed by atoms with E-state index in [1.54, 1.807) is 6.07 Å². The molecule has 0 fully saturated rings. The van der Waals surface area contributed by atoms with E-state index in [-0.39, 0.29) is 11.9 Å². The predicted molar refractivity (Wildman–Crippen MR) is 63.9 cm³/mol. The zero-order valence-corrected chi connectivity index (χ0v) is 10.0. The summed E-state index contributed by atoms with van der Waals surface area (Å²) in [6, 6.07) is 6.90. The summed E-state index contributed by atoms with van der Waals surface area (Å²) in [4.78, 5) is 0. The molecule has 16 heavy (non-hydrogen) atoms. The second-order valence-corrected chi connectivity index (χ2v) is 3.76. The number of benzene rings is 1. The van der Waals surface area contributed by atoms with E-state index in [1.807, 2.05) is 19.2 Å². The van der Waals surface area contributed by atoms with Crippen LogP contribution in [0.4, 0.5) is 4.39 Å². The Morgan fingerprint density at radius 1 is 1.31 bits per heavy atom. The van der Waals surface area contributed by atoms with Crippen LogP contribution in [0.3, 0.4) is 0 Å². The van der Waals surface area contributed by atoms with E-state index < -0.39 is 0 Å². The standard InChI is InChI=1S/C13H20FNO/c1-3-9-16-10-8-13(15-2)11-6-4-5-7-12(11)14/h4-7,13,15H,3,8-10H2,1-2H3. The molecule has 3 heteroatoms. The number of ether oxygens (including phenoxy) is 1. The highest BCUT2D eigenvalue weighted by atomic mass is 19.1. The maximum Gasteiger partial charge on any atom is 0.127 e. The largest absolute Gasteiger partial charge is 0.381 e. The summed E-state index contributed by atoms with van der Waals surface area (Å²) < 4.78 is 18.9. The second kappa shape index (κ2) is 7.36. The lowest BCUT2D eigenvalue weighted by molar-refractivity contribution is 0.125. The molecule has 0 spiro atoms. The van der Waals surface area contributed by atoms with Crippen molar-refractivity contribution >= 4 is 0 Å². The van der Waals surface area contributed by atoms with E-state index in [0.717, 1.165) is 19.4 Å². The zero-order valence-electron chi connectivity index (χ0n) is 10.0. The Labute approximate surface area is 96.8 Å². The summed E-state index contributed by atoms with van der Waals surface area (Å²) in [6.07, 6.45) is 1.81. The summed E-state index contributed by atoms with van der Waals surface area (Å²) >= 11 is 0. The predicted octanol–water partition coefficient (Wildman–Crippen LogP) is 2.90. The fourth-order valence-corrected chi connectivity index (χ4v) is 1.66. The van der Waals surface area contributed by atoms with Crippen LogP contribution in [0.1, 0.15) is 31.4 Å². The normalized spacial score (nSPS) is 12.7. The first-order valence-electron chi connectivity index (χ1n) is 5.79. The molecule has 0 aliphatic heterocycles. The summed E-state index contributed by atoms with van der Waals surface area (Å²) in [7, 11) is 1.84. The first kappa shape index (κ1) is 13.1. The molecule has 0 radical (unpaired) electrons. The lowest BCUT2D eigenvalue weighted by Crippen LogP contribution is -2.19. The fourth-order valence-electron chi connectivity index (χ4n) is 1.66. The van der Waals surface area contributed by atoms with Gasteiger partial charge in [-0.3, -0.25) is 0 Å². The van der Waals surface area contributed by atoms with Gasteiger partial charge in [0.15, 0.2) is 0 Å². The van der Waals surface area contributed by atoms with Crippen molar-refractivity contribution in [1.82, 2.24) is 5.32 Å². The molecule has 0 amide bonds. The topological polar surface area (TPSA) is 21.3 Å². The molecule has 1 N–H and O–H groups in total. The first-order valence-corrected chi connectivity index (χ1v) is 5.79. The Kier molecular flexibility index (Phi) is 6.04. The van der Waals surface area contributed by atoms with Crippen LogP contribution in [-0.2, 0) is 4.74 Å². The molecule has 2 nitrogen and oxygen atoms in total. The first-order chi connectivity index (χ1) is 7.79. The monoisotopic (exact) mass is 225 g/mol. The quantitative estimate of drug-likeness (QED) is 0.720. The third-order valence-corrected chi connectivity index (χ3v) is 2.53. The number of hydrogen-bond donors (Lipinski definition) is 1. The highest BCUT2D eigenvalue weighted by Crippen LogP contribution is 2.19. The molecule has 0 aliphatic rings. The van der Waals surface area contributed by atoms with Crippen molar-refractivity contribution in [3.63, 3.8) is 0 Å². The van der Waals surface area contributed by atoms with Gasteiger partial charge in [-0.05, 0) is 26.0 Å².